The number of rotatable bonds is 5. The van der Waals surface area contributed by atoms with E-state index in [1.54, 1.807) is 0 Å². The predicted molar refractivity (Wildman–Crippen MR) is 131 cm³/mol. The number of thiocarbonyl (C=S) groups is 1. The molecule has 31 heavy (non-hydrogen) atoms. The zero-order valence-corrected chi connectivity index (χ0v) is 19.1. The standard InChI is InChI=1S/C25H29N3O2S/c1-16-9-10-22(18(3)12-16)26-25(31)28(15-21-8-5-11-30-21)14-20-13-19-7-4-6-17(2)23(19)27-24(20)29/h4,6-7,9-10,12-13,21H,5,8,11,14-15H2,1-3H3,(H,26,31)(H,27,29)/t21-/m1/s1. The molecule has 0 radical (unpaired) electrons. The van der Waals surface area contributed by atoms with Gasteiger partial charge in [0.1, 0.15) is 0 Å². The number of ether oxygens (including phenoxy) is 1. The summed E-state index contributed by atoms with van der Waals surface area (Å²) in [7, 11) is 0. The molecule has 5 nitrogen and oxygen atoms in total. The molecular weight excluding hydrogens is 406 g/mol. The van der Waals surface area contributed by atoms with Crippen LogP contribution in [0.15, 0.2) is 47.3 Å². The number of pyridine rings is 1. The van der Waals surface area contributed by atoms with Crippen molar-refractivity contribution in [3.63, 3.8) is 0 Å². The Hall–Kier alpha value is -2.70. The van der Waals surface area contributed by atoms with E-state index in [1.807, 2.05) is 37.3 Å². The molecule has 1 atom stereocenters. The number of aryl methyl sites for hydroxylation is 3. The zero-order chi connectivity index (χ0) is 22.0. The topological polar surface area (TPSA) is 57.4 Å². The van der Waals surface area contributed by atoms with Crippen LogP contribution in [0.1, 0.15) is 35.1 Å². The van der Waals surface area contributed by atoms with E-state index in [0.717, 1.165) is 47.2 Å². The van der Waals surface area contributed by atoms with E-state index >= 15 is 0 Å². The van der Waals surface area contributed by atoms with Gasteiger partial charge in [-0.25, -0.2) is 0 Å². The van der Waals surface area contributed by atoms with Gasteiger partial charge < -0.3 is 19.9 Å². The number of anilines is 1. The summed E-state index contributed by atoms with van der Waals surface area (Å²) < 4.78 is 5.86. The molecule has 0 amide bonds. The van der Waals surface area contributed by atoms with Gasteiger partial charge in [0, 0.05) is 24.4 Å². The fourth-order valence-electron chi connectivity index (χ4n) is 4.15. The van der Waals surface area contributed by atoms with Crippen LogP contribution in [0.4, 0.5) is 5.69 Å². The molecule has 6 heteroatoms. The molecule has 1 aliphatic rings. The van der Waals surface area contributed by atoms with E-state index in [-0.39, 0.29) is 11.7 Å². The van der Waals surface area contributed by atoms with Crippen LogP contribution in [0.2, 0.25) is 0 Å². The molecule has 3 aromatic rings. The third kappa shape index (κ3) is 4.97. The normalized spacial score (nSPS) is 15.9. The second-order valence-corrected chi connectivity index (χ2v) is 8.81. The quantitative estimate of drug-likeness (QED) is 0.562. The van der Waals surface area contributed by atoms with Crippen LogP contribution in [0.5, 0.6) is 0 Å². The Balaban J connectivity index is 1.61. The maximum Gasteiger partial charge on any atom is 0.253 e. The van der Waals surface area contributed by atoms with Gasteiger partial charge in [0.2, 0.25) is 0 Å². The van der Waals surface area contributed by atoms with Crippen molar-refractivity contribution < 1.29 is 4.74 Å². The number of benzene rings is 2. The molecule has 0 spiro atoms. The van der Waals surface area contributed by atoms with E-state index in [9.17, 15) is 4.79 Å². The number of nitrogens with zero attached hydrogens (tertiary/aromatic N) is 1. The first-order valence-electron chi connectivity index (χ1n) is 10.8. The molecule has 1 fully saturated rings. The summed E-state index contributed by atoms with van der Waals surface area (Å²) in [5.41, 5.74) is 5.90. The second-order valence-electron chi connectivity index (χ2n) is 8.43. The van der Waals surface area contributed by atoms with Crippen LogP contribution >= 0.6 is 12.2 Å². The van der Waals surface area contributed by atoms with Crippen molar-refractivity contribution in [3.8, 4) is 0 Å². The van der Waals surface area contributed by atoms with Gasteiger partial charge in [-0.1, -0.05) is 35.9 Å². The number of para-hydroxylation sites is 1. The first-order chi connectivity index (χ1) is 14.9. The maximum atomic E-state index is 12.9. The fourth-order valence-corrected chi connectivity index (χ4v) is 4.40. The van der Waals surface area contributed by atoms with Crippen molar-refractivity contribution in [2.45, 2.75) is 46.3 Å². The third-order valence-electron chi connectivity index (χ3n) is 5.88. The van der Waals surface area contributed by atoms with Crippen LogP contribution in [0.3, 0.4) is 0 Å². The van der Waals surface area contributed by atoms with Crippen LogP contribution < -0.4 is 10.9 Å². The smallest absolute Gasteiger partial charge is 0.253 e. The minimum Gasteiger partial charge on any atom is -0.376 e. The van der Waals surface area contributed by atoms with Crippen LogP contribution in [0.25, 0.3) is 10.9 Å². The summed E-state index contributed by atoms with van der Waals surface area (Å²) in [4.78, 5) is 18.0. The molecule has 1 aromatic heterocycles. The average molecular weight is 436 g/mol. The molecule has 1 aliphatic heterocycles. The minimum absolute atomic E-state index is 0.0755. The first-order valence-corrected chi connectivity index (χ1v) is 11.2. The Labute approximate surface area is 188 Å². The number of hydrogen-bond acceptors (Lipinski definition) is 3. The number of H-pyrrole nitrogens is 1. The van der Waals surface area contributed by atoms with Crippen molar-refractivity contribution in [3.05, 3.63) is 75.1 Å². The van der Waals surface area contributed by atoms with Crippen molar-refractivity contribution in [1.82, 2.24) is 9.88 Å². The highest BCUT2D eigenvalue weighted by molar-refractivity contribution is 7.80. The Bertz CT molecular complexity index is 1170. The van der Waals surface area contributed by atoms with Gasteiger partial charge in [-0.3, -0.25) is 4.79 Å². The molecule has 0 bridgehead atoms. The molecule has 0 aliphatic carbocycles. The highest BCUT2D eigenvalue weighted by Crippen LogP contribution is 2.20. The molecule has 4 rings (SSSR count). The van der Waals surface area contributed by atoms with Crippen molar-refractivity contribution in [2.75, 3.05) is 18.5 Å². The van der Waals surface area contributed by atoms with E-state index in [2.05, 4.69) is 41.2 Å². The summed E-state index contributed by atoms with van der Waals surface area (Å²) >= 11 is 5.79. The van der Waals surface area contributed by atoms with Crippen molar-refractivity contribution >= 4 is 33.9 Å². The highest BCUT2D eigenvalue weighted by atomic mass is 32.1. The Morgan fingerprint density at radius 2 is 2.03 bits per heavy atom. The molecule has 0 saturated carbocycles. The van der Waals surface area contributed by atoms with E-state index in [0.29, 0.717) is 23.8 Å². The van der Waals surface area contributed by atoms with Crippen LogP contribution in [0, 0.1) is 20.8 Å². The number of hydrogen-bond donors (Lipinski definition) is 2. The number of fused-ring (bicyclic) bond motifs is 1. The fraction of sp³-hybridized carbons (Fsp3) is 0.360. The maximum absolute atomic E-state index is 12.9. The second kappa shape index (κ2) is 9.20. The number of aromatic nitrogens is 1. The monoisotopic (exact) mass is 435 g/mol. The van der Waals surface area contributed by atoms with Gasteiger partial charge in [0.25, 0.3) is 5.56 Å². The van der Waals surface area contributed by atoms with Gasteiger partial charge >= 0.3 is 0 Å². The van der Waals surface area contributed by atoms with Crippen molar-refractivity contribution in [2.24, 2.45) is 0 Å². The summed E-state index contributed by atoms with van der Waals surface area (Å²) in [5.74, 6) is 0. The van der Waals surface area contributed by atoms with E-state index in [4.69, 9.17) is 17.0 Å². The van der Waals surface area contributed by atoms with Crippen LogP contribution in [-0.4, -0.2) is 34.3 Å². The van der Waals surface area contributed by atoms with Gasteiger partial charge in [0.15, 0.2) is 5.11 Å². The summed E-state index contributed by atoms with van der Waals surface area (Å²) in [5, 5.41) is 5.02. The lowest BCUT2D eigenvalue weighted by Crippen LogP contribution is -2.40. The van der Waals surface area contributed by atoms with Gasteiger partial charge in [0.05, 0.1) is 18.2 Å². The van der Waals surface area contributed by atoms with E-state index in [1.165, 1.54) is 5.56 Å². The minimum atomic E-state index is -0.0755. The molecule has 2 N–H and O–H groups in total. The zero-order valence-electron chi connectivity index (χ0n) is 18.3. The molecule has 2 aromatic carbocycles. The number of aromatic amines is 1. The average Bonchev–Trinajstić information content (AvgIpc) is 3.24. The Kier molecular flexibility index (Phi) is 6.39. The lowest BCUT2D eigenvalue weighted by Gasteiger charge is -2.28. The Morgan fingerprint density at radius 1 is 1.19 bits per heavy atom. The van der Waals surface area contributed by atoms with Crippen LogP contribution in [-0.2, 0) is 11.3 Å². The van der Waals surface area contributed by atoms with Gasteiger partial charge in [-0.2, -0.15) is 0 Å². The number of nitrogens with one attached hydrogen (secondary N) is 2. The first kappa shape index (κ1) is 21.5. The lowest BCUT2D eigenvalue weighted by molar-refractivity contribution is 0.0904. The van der Waals surface area contributed by atoms with Gasteiger partial charge in [-0.05, 0) is 74.5 Å². The van der Waals surface area contributed by atoms with Gasteiger partial charge in [-0.15, -0.1) is 0 Å². The predicted octanol–water partition coefficient (Wildman–Crippen LogP) is 4.83. The van der Waals surface area contributed by atoms with E-state index < -0.39 is 0 Å². The SMILES string of the molecule is Cc1ccc(NC(=S)N(Cc2cc3cccc(C)c3[nH]c2=O)C[C@H]2CCCO2)c(C)c1. The lowest BCUT2D eigenvalue weighted by atomic mass is 10.1. The largest absolute Gasteiger partial charge is 0.376 e. The summed E-state index contributed by atoms with van der Waals surface area (Å²) in [6.07, 6.45) is 2.20. The highest BCUT2D eigenvalue weighted by Gasteiger charge is 2.22. The molecule has 1 saturated heterocycles. The van der Waals surface area contributed by atoms with Crippen molar-refractivity contribution in [1.29, 1.82) is 0 Å². The molecular formula is C25H29N3O2S. The summed E-state index contributed by atoms with van der Waals surface area (Å²) in [6, 6.07) is 14.3. The summed E-state index contributed by atoms with van der Waals surface area (Å²) in [6.45, 7) is 8.01. The Morgan fingerprint density at radius 3 is 2.77 bits per heavy atom. The molecule has 0 unspecified atom stereocenters. The third-order valence-corrected chi connectivity index (χ3v) is 6.25. The molecule has 162 valence electrons. The molecule has 2 heterocycles.